The molecule has 0 saturated heterocycles. The first-order chi connectivity index (χ1) is 9.77. The second-order valence-electron chi connectivity index (χ2n) is 6.29. The Bertz CT molecular complexity index is 275. The van der Waals surface area contributed by atoms with Gasteiger partial charge in [-0.1, -0.05) is 38.5 Å². The molecule has 0 radical (unpaired) electrons. The number of nitrogens with zero attached hydrogens (tertiary/aromatic N) is 1. The maximum absolute atomic E-state index is 12.8. The predicted molar refractivity (Wildman–Crippen MR) is 80.4 cm³/mol. The number of carbonyl (C=O) groups excluding carboxylic acids is 1. The summed E-state index contributed by atoms with van der Waals surface area (Å²) in [6.45, 7) is 0.283. The van der Waals surface area contributed by atoms with Crippen LogP contribution < -0.4 is 5.73 Å². The number of rotatable bonds is 5. The van der Waals surface area contributed by atoms with E-state index in [-0.39, 0.29) is 12.5 Å². The maximum Gasteiger partial charge on any atom is 0.253 e. The molecule has 2 saturated carbocycles. The average molecular weight is 282 g/mol. The van der Waals surface area contributed by atoms with Gasteiger partial charge >= 0.3 is 0 Å². The number of hydrogen-bond donors (Lipinski definition) is 1. The SMILES string of the molecule is COC(CN)C(=O)N(C1CCCCC1)C1CCCCC1. The van der Waals surface area contributed by atoms with Crippen LogP contribution in [0.25, 0.3) is 0 Å². The van der Waals surface area contributed by atoms with Gasteiger partial charge in [0.25, 0.3) is 5.91 Å². The Morgan fingerprint density at radius 2 is 1.50 bits per heavy atom. The van der Waals surface area contributed by atoms with Crippen LogP contribution in [0.5, 0.6) is 0 Å². The molecule has 0 spiro atoms. The number of carbonyl (C=O) groups is 1. The normalized spacial score (nSPS) is 23.5. The zero-order valence-corrected chi connectivity index (χ0v) is 12.9. The summed E-state index contributed by atoms with van der Waals surface area (Å²) in [5, 5.41) is 0. The van der Waals surface area contributed by atoms with Crippen molar-refractivity contribution < 1.29 is 9.53 Å². The molecule has 4 heteroatoms. The summed E-state index contributed by atoms with van der Waals surface area (Å²) in [6.07, 6.45) is 11.8. The molecule has 2 aliphatic rings. The molecule has 2 fully saturated rings. The number of nitrogens with two attached hydrogens (primary N) is 1. The Hall–Kier alpha value is -0.610. The lowest BCUT2D eigenvalue weighted by Crippen LogP contribution is -2.54. The summed E-state index contributed by atoms with van der Waals surface area (Å²) < 4.78 is 5.31. The van der Waals surface area contributed by atoms with Crippen molar-refractivity contribution in [2.24, 2.45) is 5.73 Å². The first kappa shape index (κ1) is 15.8. The summed E-state index contributed by atoms with van der Waals surface area (Å²) in [6, 6.07) is 0.840. The van der Waals surface area contributed by atoms with Crippen molar-refractivity contribution >= 4 is 5.91 Å². The van der Waals surface area contributed by atoms with Gasteiger partial charge in [0.2, 0.25) is 0 Å². The van der Waals surface area contributed by atoms with Crippen molar-refractivity contribution in [3.05, 3.63) is 0 Å². The van der Waals surface area contributed by atoms with Crippen LogP contribution in [0.4, 0.5) is 0 Å². The highest BCUT2D eigenvalue weighted by atomic mass is 16.5. The molecule has 20 heavy (non-hydrogen) atoms. The molecule has 0 aromatic rings. The molecular weight excluding hydrogens is 252 g/mol. The molecule has 2 rings (SSSR count). The highest BCUT2D eigenvalue weighted by Gasteiger charge is 2.35. The standard InChI is InChI=1S/C16H30N2O2/c1-20-15(12-17)16(19)18(13-8-4-2-5-9-13)14-10-6-3-7-11-14/h13-15H,2-12,17H2,1H3. The first-order valence-corrected chi connectivity index (χ1v) is 8.33. The summed E-state index contributed by atoms with van der Waals surface area (Å²) >= 11 is 0. The number of amides is 1. The van der Waals surface area contributed by atoms with E-state index in [1.165, 1.54) is 38.5 Å². The van der Waals surface area contributed by atoms with Gasteiger partial charge in [-0.2, -0.15) is 0 Å². The second-order valence-corrected chi connectivity index (χ2v) is 6.29. The third kappa shape index (κ3) is 3.73. The molecule has 1 atom stereocenters. The molecule has 0 aromatic heterocycles. The summed E-state index contributed by atoms with van der Waals surface area (Å²) in [7, 11) is 1.59. The molecule has 1 amide bonds. The zero-order chi connectivity index (χ0) is 14.4. The molecule has 0 heterocycles. The molecular formula is C16H30N2O2. The van der Waals surface area contributed by atoms with Gasteiger partial charge in [-0.05, 0) is 25.7 Å². The maximum atomic E-state index is 12.8. The third-order valence-electron chi connectivity index (χ3n) is 4.96. The second kappa shape index (κ2) is 7.99. The number of methoxy groups -OCH3 is 1. The Morgan fingerprint density at radius 1 is 1.05 bits per heavy atom. The van der Waals surface area contributed by atoms with Gasteiger partial charge in [-0.15, -0.1) is 0 Å². The Morgan fingerprint density at radius 3 is 1.85 bits per heavy atom. The van der Waals surface area contributed by atoms with E-state index in [0.717, 1.165) is 25.7 Å². The smallest absolute Gasteiger partial charge is 0.253 e. The van der Waals surface area contributed by atoms with E-state index in [4.69, 9.17) is 10.5 Å². The van der Waals surface area contributed by atoms with Crippen LogP contribution in [0.15, 0.2) is 0 Å². The highest BCUT2D eigenvalue weighted by Crippen LogP contribution is 2.30. The fraction of sp³-hybridized carbons (Fsp3) is 0.938. The van der Waals surface area contributed by atoms with Gasteiger partial charge in [0.1, 0.15) is 6.10 Å². The van der Waals surface area contributed by atoms with E-state index in [1.54, 1.807) is 7.11 Å². The van der Waals surface area contributed by atoms with Crippen molar-refractivity contribution in [1.82, 2.24) is 4.90 Å². The molecule has 1 unspecified atom stereocenters. The topological polar surface area (TPSA) is 55.6 Å². The van der Waals surface area contributed by atoms with Crippen molar-refractivity contribution in [2.75, 3.05) is 13.7 Å². The van der Waals surface area contributed by atoms with Gasteiger partial charge in [-0.25, -0.2) is 0 Å². The molecule has 4 nitrogen and oxygen atoms in total. The minimum Gasteiger partial charge on any atom is -0.370 e. The zero-order valence-electron chi connectivity index (χ0n) is 12.9. The summed E-state index contributed by atoms with van der Waals surface area (Å²) in [5.74, 6) is 0.133. The average Bonchev–Trinajstić information content (AvgIpc) is 2.51. The lowest BCUT2D eigenvalue weighted by Gasteiger charge is -2.43. The number of hydrogen-bond acceptors (Lipinski definition) is 3. The van der Waals surface area contributed by atoms with Gasteiger partial charge in [-0.3, -0.25) is 4.79 Å². The predicted octanol–water partition coefficient (Wildman–Crippen LogP) is 2.45. The van der Waals surface area contributed by atoms with E-state index < -0.39 is 6.10 Å². The summed E-state index contributed by atoms with van der Waals surface area (Å²) in [4.78, 5) is 15.0. The quantitative estimate of drug-likeness (QED) is 0.842. The minimum atomic E-state index is -0.459. The Labute approximate surface area is 123 Å². The van der Waals surface area contributed by atoms with Crippen LogP contribution in [0.1, 0.15) is 64.2 Å². The van der Waals surface area contributed by atoms with Crippen LogP contribution in [-0.4, -0.2) is 42.6 Å². The van der Waals surface area contributed by atoms with Crippen LogP contribution in [-0.2, 0) is 9.53 Å². The molecule has 116 valence electrons. The van der Waals surface area contributed by atoms with Crippen LogP contribution >= 0.6 is 0 Å². The van der Waals surface area contributed by atoms with Crippen molar-refractivity contribution in [2.45, 2.75) is 82.4 Å². The lowest BCUT2D eigenvalue weighted by atomic mass is 9.88. The van der Waals surface area contributed by atoms with E-state index >= 15 is 0 Å². The molecule has 2 aliphatic carbocycles. The Balaban J connectivity index is 2.11. The fourth-order valence-electron chi connectivity index (χ4n) is 3.84. The van der Waals surface area contributed by atoms with Crippen molar-refractivity contribution in [3.8, 4) is 0 Å². The fourth-order valence-corrected chi connectivity index (χ4v) is 3.84. The highest BCUT2D eigenvalue weighted by molar-refractivity contribution is 5.82. The van der Waals surface area contributed by atoms with Crippen LogP contribution in [0.3, 0.4) is 0 Å². The van der Waals surface area contributed by atoms with Crippen molar-refractivity contribution in [3.63, 3.8) is 0 Å². The van der Waals surface area contributed by atoms with Crippen LogP contribution in [0.2, 0.25) is 0 Å². The Kier molecular flexibility index (Phi) is 6.30. The molecule has 0 bridgehead atoms. The summed E-state index contributed by atoms with van der Waals surface area (Å²) in [5.41, 5.74) is 5.71. The monoisotopic (exact) mass is 282 g/mol. The van der Waals surface area contributed by atoms with E-state index in [0.29, 0.717) is 12.1 Å². The van der Waals surface area contributed by atoms with Gasteiger partial charge in [0.05, 0.1) is 0 Å². The molecule has 2 N–H and O–H groups in total. The number of ether oxygens (including phenoxy) is 1. The van der Waals surface area contributed by atoms with E-state index in [2.05, 4.69) is 4.90 Å². The third-order valence-corrected chi connectivity index (χ3v) is 4.96. The molecule has 0 aliphatic heterocycles. The van der Waals surface area contributed by atoms with Gasteiger partial charge < -0.3 is 15.4 Å². The lowest BCUT2D eigenvalue weighted by molar-refractivity contribution is -0.148. The van der Waals surface area contributed by atoms with Gasteiger partial charge in [0, 0.05) is 25.7 Å². The van der Waals surface area contributed by atoms with Gasteiger partial charge in [0.15, 0.2) is 0 Å². The van der Waals surface area contributed by atoms with Crippen LogP contribution in [0, 0.1) is 0 Å². The molecule has 0 aromatic carbocycles. The largest absolute Gasteiger partial charge is 0.370 e. The van der Waals surface area contributed by atoms with E-state index in [9.17, 15) is 4.79 Å². The van der Waals surface area contributed by atoms with Crippen molar-refractivity contribution in [1.29, 1.82) is 0 Å². The van der Waals surface area contributed by atoms with E-state index in [1.807, 2.05) is 0 Å². The minimum absolute atomic E-state index is 0.133. The first-order valence-electron chi connectivity index (χ1n) is 8.33.